The predicted octanol–water partition coefficient (Wildman–Crippen LogP) is -0.423. The first-order valence-corrected chi connectivity index (χ1v) is 6.54. The molecule has 17 heavy (non-hydrogen) atoms. The number of carbonyl (C=O) groups excluding carboxylic acids is 1. The van der Waals surface area contributed by atoms with E-state index in [-0.39, 0.29) is 11.5 Å². The van der Waals surface area contributed by atoms with Crippen molar-refractivity contribution in [1.82, 2.24) is 15.5 Å². The highest BCUT2D eigenvalue weighted by atomic mass is 16.5. The van der Waals surface area contributed by atoms with E-state index in [2.05, 4.69) is 15.5 Å². The van der Waals surface area contributed by atoms with E-state index >= 15 is 0 Å². The van der Waals surface area contributed by atoms with Crippen molar-refractivity contribution in [3.63, 3.8) is 0 Å². The van der Waals surface area contributed by atoms with Gasteiger partial charge in [-0.25, -0.2) is 0 Å². The van der Waals surface area contributed by atoms with Crippen molar-refractivity contribution in [2.75, 3.05) is 46.4 Å². The van der Waals surface area contributed by atoms with Gasteiger partial charge in [0.2, 0.25) is 0 Å². The maximum absolute atomic E-state index is 12.2. The number of rotatable bonds is 2. The minimum Gasteiger partial charge on any atom is -0.468 e. The molecule has 0 bridgehead atoms. The van der Waals surface area contributed by atoms with Gasteiger partial charge in [0.1, 0.15) is 5.54 Å². The third kappa shape index (κ3) is 2.61. The number of esters is 1. The molecule has 2 saturated heterocycles. The van der Waals surface area contributed by atoms with Crippen molar-refractivity contribution in [1.29, 1.82) is 0 Å². The van der Waals surface area contributed by atoms with Crippen LogP contribution in [-0.4, -0.2) is 62.8 Å². The number of nitrogens with zero attached hydrogens (tertiary/aromatic N) is 1. The van der Waals surface area contributed by atoms with Crippen molar-refractivity contribution in [3.05, 3.63) is 0 Å². The molecule has 5 nitrogen and oxygen atoms in total. The first-order valence-electron chi connectivity index (χ1n) is 6.54. The molecule has 0 aromatic carbocycles. The number of methoxy groups -OCH3 is 1. The van der Waals surface area contributed by atoms with Crippen LogP contribution in [-0.2, 0) is 9.53 Å². The van der Waals surface area contributed by atoms with E-state index in [1.165, 1.54) is 7.11 Å². The minimum atomic E-state index is -0.383. The zero-order valence-corrected chi connectivity index (χ0v) is 10.6. The molecule has 0 saturated carbocycles. The molecule has 0 aliphatic carbocycles. The van der Waals surface area contributed by atoms with Gasteiger partial charge in [-0.2, -0.15) is 0 Å². The lowest BCUT2D eigenvalue weighted by Crippen LogP contribution is -2.60. The molecular formula is C12H23N3O2. The molecule has 5 heteroatoms. The summed E-state index contributed by atoms with van der Waals surface area (Å²) >= 11 is 0. The molecule has 0 aromatic heterocycles. The standard InChI is InChI=1S/C12H23N3O2/c1-17-11(16)12(3-6-14-7-4-12)15-9-2-5-13-8-10-15/h13-14H,2-10H2,1H3. The fourth-order valence-corrected chi connectivity index (χ4v) is 2.95. The molecule has 2 heterocycles. The Balaban J connectivity index is 2.15. The van der Waals surface area contributed by atoms with Crippen LogP contribution in [0.5, 0.6) is 0 Å². The maximum Gasteiger partial charge on any atom is 0.326 e. The topological polar surface area (TPSA) is 53.6 Å². The van der Waals surface area contributed by atoms with E-state index in [9.17, 15) is 4.79 Å². The molecule has 2 N–H and O–H groups in total. The van der Waals surface area contributed by atoms with Crippen LogP contribution >= 0.6 is 0 Å². The van der Waals surface area contributed by atoms with Crippen molar-refractivity contribution >= 4 is 5.97 Å². The Morgan fingerprint density at radius 3 is 2.53 bits per heavy atom. The summed E-state index contributed by atoms with van der Waals surface area (Å²) in [4.78, 5) is 14.5. The van der Waals surface area contributed by atoms with E-state index in [0.29, 0.717) is 0 Å². The molecule has 2 fully saturated rings. The summed E-state index contributed by atoms with van der Waals surface area (Å²) in [7, 11) is 1.50. The fourth-order valence-electron chi connectivity index (χ4n) is 2.95. The number of ether oxygens (including phenoxy) is 1. The van der Waals surface area contributed by atoms with Crippen LogP contribution in [0.1, 0.15) is 19.3 Å². The van der Waals surface area contributed by atoms with Gasteiger partial charge in [0.05, 0.1) is 7.11 Å². The quantitative estimate of drug-likeness (QED) is 0.643. The highest BCUT2D eigenvalue weighted by molar-refractivity contribution is 5.81. The van der Waals surface area contributed by atoms with Crippen LogP contribution in [0.3, 0.4) is 0 Å². The lowest BCUT2D eigenvalue weighted by Gasteiger charge is -2.43. The predicted molar refractivity (Wildman–Crippen MR) is 65.9 cm³/mol. The zero-order valence-electron chi connectivity index (χ0n) is 10.6. The largest absolute Gasteiger partial charge is 0.468 e. The van der Waals surface area contributed by atoms with Crippen molar-refractivity contribution < 1.29 is 9.53 Å². The highest BCUT2D eigenvalue weighted by Gasteiger charge is 2.45. The van der Waals surface area contributed by atoms with E-state index in [4.69, 9.17) is 4.74 Å². The SMILES string of the molecule is COC(=O)C1(N2CCCNCC2)CCNCC1. The van der Waals surface area contributed by atoms with E-state index in [1.54, 1.807) is 0 Å². The highest BCUT2D eigenvalue weighted by Crippen LogP contribution is 2.28. The molecular weight excluding hydrogens is 218 g/mol. The number of piperidine rings is 1. The Kier molecular flexibility index (Phi) is 4.36. The second-order valence-electron chi connectivity index (χ2n) is 4.86. The maximum atomic E-state index is 12.2. The molecule has 0 radical (unpaired) electrons. The van der Waals surface area contributed by atoms with Gasteiger partial charge in [-0.3, -0.25) is 9.69 Å². The summed E-state index contributed by atoms with van der Waals surface area (Å²) in [6.45, 7) is 5.74. The smallest absolute Gasteiger partial charge is 0.326 e. The van der Waals surface area contributed by atoms with Crippen LogP contribution < -0.4 is 10.6 Å². The van der Waals surface area contributed by atoms with Crippen LogP contribution in [0.4, 0.5) is 0 Å². The van der Waals surface area contributed by atoms with Gasteiger partial charge in [0.25, 0.3) is 0 Å². The van der Waals surface area contributed by atoms with Crippen LogP contribution in [0.15, 0.2) is 0 Å². The van der Waals surface area contributed by atoms with Gasteiger partial charge in [-0.05, 0) is 38.9 Å². The molecule has 0 amide bonds. The van der Waals surface area contributed by atoms with E-state index in [1.807, 2.05) is 0 Å². The first-order chi connectivity index (χ1) is 8.29. The van der Waals surface area contributed by atoms with Gasteiger partial charge < -0.3 is 15.4 Å². The molecule has 98 valence electrons. The summed E-state index contributed by atoms with van der Waals surface area (Å²) in [5.74, 6) is -0.0547. The summed E-state index contributed by atoms with van der Waals surface area (Å²) < 4.78 is 5.06. The Hall–Kier alpha value is -0.650. The summed E-state index contributed by atoms with van der Waals surface area (Å²) in [5, 5.41) is 6.70. The summed E-state index contributed by atoms with van der Waals surface area (Å²) in [6.07, 6.45) is 2.82. The van der Waals surface area contributed by atoms with Crippen LogP contribution in [0.25, 0.3) is 0 Å². The second-order valence-corrected chi connectivity index (χ2v) is 4.86. The lowest BCUT2D eigenvalue weighted by atomic mass is 9.86. The Morgan fingerprint density at radius 2 is 1.82 bits per heavy atom. The minimum absolute atomic E-state index is 0.0547. The Labute approximate surface area is 103 Å². The molecule has 2 rings (SSSR count). The van der Waals surface area contributed by atoms with Gasteiger partial charge in [0.15, 0.2) is 0 Å². The van der Waals surface area contributed by atoms with Crippen molar-refractivity contribution in [2.45, 2.75) is 24.8 Å². The van der Waals surface area contributed by atoms with Crippen molar-refractivity contribution in [2.24, 2.45) is 0 Å². The average molecular weight is 241 g/mol. The molecule has 0 spiro atoms. The molecule has 0 unspecified atom stereocenters. The summed E-state index contributed by atoms with van der Waals surface area (Å²) in [5.41, 5.74) is -0.383. The van der Waals surface area contributed by atoms with Gasteiger partial charge >= 0.3 is 5.97 Å². The first kappa shape index (κ1) is 12.8. The molecule has 0 atom stereocenters. The molecule has 0 aromatic rings. The average Bonchev–Trinajstić information content (AvgIpc) is 2.67. The fraction of sp³-hybridized carbons (Fsp3) is 0.917. The van der Waals surface area contributed by atoms with Gasteiger partial charge in [0, 0.05) is 19.6 Å². The number of nitrogens with one attached hydrogen (secondary N) is 2. The lowest BCUT2D eigenvalue weighted by molar-refractivity contribution is -0.157. The van der Waals surface area contributed by atoms with E-state index in [0.717, 1.165) is 58.5 Å². The van der Waals surface area contributed by atoms with Gasteiger partial charge in [-0.15, -0.1) is 0 Å². The molecule has 2 aliphatic heterocycles. The molecule has 2 aliphatic rings. The Bertz CT molecular complexity index is 256. The number of hydrogen-bond acceptors (Lipinski definition) is 5. The normalized spacial score (nSPS) is 26.2. The monoisotopic (exact) mass is 241 g/mol. The third-order valence-electron chi connectivity index (χ3n) is 3.94. The van der Waals surface area contributed by atoms with Crippen LogP contribution in [0.2, 0.25) is 0 Å². The van der Waals surface area contributed by atoms with Gasteiger partial charge in [-0.1, -0.05) is 0 Å². The number of carbonyl (C=O) groups is 1. The number of hydrogen-bond donors (Lipinski definition) is 2. The third-order valence-corrected chi connectivity index (χ3v) is 3.94. The van der Waals surface area contributed by atoms with Crippen LogP contribution in [0, 0.1) is 0 Å². The summed E-state index contributed by atoms with van der Waals surface area (Å²) in [6, 6.07) is 0. The Morgan fingerprint density at radius 1 is 1.12 bits per heavy atom. The second kappa shape index (κ2) is 5.80. The van der Waals surface area contributed by atoms with E-state index < -0.39 is 0 Å². The van der Waals surface area contributed by atoms with Crippen molar-refractivity contribution in [3.8, 4) is 0 Å². The zero-order chi connectivity index (χ0) is 12.1.